The van der Waals surface area contributed by atoms with Crippen molar-refractivity contribution in [3.63, 3.8) is 0 Å². The molecule has 1 fully saturated rings. The highest BCUT2D eigenvalue weighted by Crippen LogP contribution is 2.21. The van der Waals surface area contributed by atoms with Crippen LogP contribution in [0, 0.1) is 11.8 Å². The monoisotopic (exact) mass is 501 g/mol. The highest BCUT2D eigenvalue weighted by Gasteiger charge is 2.32. The zero-order valence-electron chi connectivity index (χ0n) is 23.8. The van der Waals surface area contributed by atoms with Crippen molar-refractivity contribution < 1.29 is 14.3 Å². The molecule has 2 N–H and O–H groups in total. The van der Waals surface area contributed by atoms with Crippen molar-refractivity contribution in [2.75, 3.05) is 13.1 Å². The third-order valence-corrected chi connectivity index (χ3v) is 6.57. The molecule has 0 unspecified atom stereocenters. The number of rotatable bonds is 12. The molecule has 0 aliphatic carbocycles. The molecule has 0 saturated carbocycles. The Morgan fingerprint density at radius 3 is 2.22 bits per heavy atom. The first kappa shape index (κ1) is 30.1. The van der Waals surface area contributed by atoms with Crippen LogP contribution in [0.1, 0.15) is 92.6 Å². The van der Waals surface area contributed by atoms with Crippen LogP contribution in [0.15, 0.2) is 30.3 Å². The number of nitrogens with zero attached hydrogens (tertiary/aromatic N) is 1. The molecule has 1 aromatic rings. The molecular weight excluding hydrogens is 450 g/mol. The number of carbonyl (C=O) groups is 2. The second-order valence-electron chi connectivity index (χ2n) is 12.3. The average Bonchev–Trinajstić information content (AvgIpc) is 2.76. The molecule has 0 aromatic heterocycles. The molecule has 1 aliphatic heterocycles. The maximum Gasteiger partial charge on any atom is 0.407 e. The van der Waals surface area contributed by atoms with E-state index >= 15 is 0 Å². The van der Waals surface area contributed by atoms with Gasteiger partial charge in [-0.05, 0) is 83.2 Å². The van der Waals surface area contributed by atoms with E-state index in [2.05, 4.69) is 67.5 Å². The lowest BCUT2D eigenvalue weighted by atomic mass is 9.95. The van der Waals surface area contributed by atoms with Gasteiger partial charge in [0.2, 0.25) is 5.91 Å². The minimum Gasteiger partial charge on any atom is -0.444 e. The molecule has 36 heavy (non-hydrogen) atoms. The number of benzene rings is 1. The summed E-state index contributed by atoms with van der Waals surface area (Å²) in [6.45, 7) is 15.9. The summed E-state index contributed by atoms with van der Waals surface area (Å²) in [5.41, 5.74) is 0.773. The van der Waals surface area contributed by atoms with Gasteiger partial charge in [-0.25, -0.2) is 4.79 Å². The van der Waals surface area contributed by atoms with Crippen LogP contribution in [0.4, 0.5) is 4.79 Å². The Hall–Kier alpha value is -2.08. The normalized spacial score (nSPS) is 18.6. The molecular formula is C30H51N3O3. The molecule has 6 nitrogen and oxygen atoms in total. The molecule has 1 aromatic carbocycles. The number of carbonyl (C=O) groups excluding carboxylic acids is 2. The Balaban J connectivity index is 2.05. The third-order valence-electron chi connectivity index (χ3n) is 6.57. The summed E-state index contributed by atoms with van der Waals surface area (Å²) in [5, 5.41) is 6.49. The molecule has 3 atom stereocenters. The van der Waals surface area contributed by atoms with Gasteiger partial charge in [0.1, 0.15) is 5.60 Å². The van der Waals surface area contributed by atoms with Crippen molar-refractivity contribution >= 4 is 12.0 Å². The summed E-state index contributed by atoms with van der Waals surface area (Å²) < 4.78 is 5.52. The van der Waals surface area contributed by atoms with Gasteiger partial charge in [-0.2, -0.15) is 0 Å². The summed E-state index contributed by atoms with van der Waals surface area (Å²) >= 11 is 0. The van der Waals surface area contributed by atoms with Crippen LogP contribution in [0.25, 0.3) is 0 Å². The fraction of sp³-hybridized carbons (Fsp3) is 0.733. The number of nitrogens with one attached hydrogen (secondary N) is 2. The highest BCUT2D eigenvalue weighted by molar-refractivity contribution is 5.82. The van der Waals surface area contributed by atoms with Gasteiger partial charge in [0.05, 0.1) is 6.04 Å². The van der Waals surface area contributed by atoms with Crippen molar-refractivity contribution in [3.05, 3.63) is 35.9 Å². The summed E-state index contributed by atoms with van der Waals surface area (Å²) in [6, 6.07) is 10.5. The zero-order chi connectivity index (χ0) is 26.7. The van der Waals surface area contributed by atoms with Crippen molar-refractivity contribution in [2.24, 2.45) is 11.8 Å². The van der Waals surface area contributed by atoms with Gasteiger partial charge in [0, 0.05) is 18.6 Å². The molecule has 2 amide bonds. The Labute approximate surface area is 219 Å². The number of likely N-dealkylation sites (tertiary alicyclic amines) is 1. The van der Waals surface area contributed by atoms with E-state index in [9.17, 15) is 9.59 Å². The van der Waals surface area contributed by atoms with Crippen molar-refractivity contribution in [3.8, 4) is 0 Å². The lowest BCUT2D eigenvalue weighted by Gasteiger charge is -2.38. The Morgan fingerprint density at radius 1 is 0.972 bits per heavy atom. The van der Waals surface area contributed by atoms with Gasteiger partial charge < -0.3 is 15.4 Å². The van der Waals surface area contributed by atoms with Crippen LogP contribution < -0.4 is 10.6 Å². The topological polar surface area (TPSA) is 70.7 Å². The third kappa shape index (κ3) is 11.8. The number of alkyl carbamates (subject to hydrolysis) is 1. The molecule has 6 heteroatoms. The van der Waals surface area contributed by atoms with Crippen molar-refractivity contribution in [2.45, 2.75) is 117 Å². The SMILES string of the molecule is CC(C)C[C@@H](CN1CCCC[C@H]1C(=O)N[C@@H](CCc1ccccc1)CC(C)C)NC(=O)OC(C)(C)C. The largest absolute Gasteiger partial charge is 0.444 e. The molecule has 2 rings (SSSR count). The maximum absolute atomic E-state index is 13.6. The summed E-state index contributed by atoms with van der Waals surface area (Å²) in [4.78, 5) is 28.4. The first-order valence-electron chi connectivity index (χ1n) is 14.0. The number of aryl methyl sites for hydroxylation is 1. The van der Waals surface area contributed by atoms with Gasteiger partial charge in [0.15, 0.2) is 0 Å². The minimum absolute atomic E-state index is 0.0576. The van der Waals surface area contributed by atoms with Crippen LogP contribution in [0.3, 0.4) is 0 Å². The molecule has 0 radical (unpaired) electrons. The number of hydrogen-bond acceptors (Lipinski definition) is 4. The quantitative estimate of drug-likeness (QED) is 0.372. The predicted molar refractivity (Wildman–Crippen MR) is 148 cm³/mol. The Kier molecular flexibility index (Phi) is 12.2. The second kappa shape index (κ2) is 14.6. The van der Waals surface area contributed by atoms with Gasteiger partial charge >= 0.3 is 6.09 Å². The first-order valence-corrected chi connectivity index (χ1v) is 14.0. The van der Waals surface area contributed by atoms with Gasteiger partial charge in [-0.3, -0.25) is 9.69 Å². The summed E-state index contributed by atoms with van der Waals surface area (Å²) in [7, 11) is 0. The zero-order valence-corrected chi connectivity index (χ0v) is 23.8. The Bertz CT molecular complexity index is 788. The number of piperidine rings is 1. The number of amides is 2. The fourth-order valence-electron chi connectivity index (χ4n) is 5.11. The molecule has 204 valence electrons. The highest BCUT2D eigenvalue weighted by atomic mass is 16.6. The van der Waals surface area contributed by atoms with E-state index in [-0.39, 0.29) is 30.1 Å². The van der Waals surface area contributed by atoms with Gasteiger partial charge in [0.25, 0.3) is 0 Å². The fourth-order valence-corrected chi connectivity index (χ4v) is 5.11. The number of ether oxygens (including phenoxy) is 1. The van der Waals surface area contributed by atoms with Crippen LogP contribution in [-0.4, -0.2) is 53.7 Å². The van der Waals surface area contributed by atoms with Crippen LogP contribution >= 0.6 is 0 Å². The number of hydrogen-bond donors (Lipinski definition) is 2. The summed E-state index contributed by atoms with van der Waals surface area (Å²) in [5.74, 6) is 1.08. The standard InChI is InChI=1S/C30H51N3O3/c1-22(2)19-25(17-16-24-13-9-8-10-14-24)31-28(34)27-15-11-12-18-33(27)21-26(20-23(3)4)32-29(35)36-30(5,6)7/h8-10,13-14,22-23,25-27H,11-12,15-21H2,1-7H3,(H,31,34)(H,32,35)/t25-,26-,27-/m0/s1. The van der Waals surface area contributed by atoms with Crippen molar-refractivity contribution in [1.29, 1.82) is 0 Å². The molecule has 1 aliphatic rings. The predicted octanol–water partition coefficient (Wildman–Crippen LogP) is 5.94. The molecule has 0 spiro atoms. The van der Waals surface area contributed by atoms with E-state index in [1.54, 1.807) is 0 Å². The van der Waals surface area contributed by atoms with E-state index in [1.165, 1.54) is 5.56 Å². The van der Waals surface area contributed by atoms with E-state index in [1.807, 2.05) is 26.8 Å². The van der Waals surface area contributed by atoms with E-state index < -0.39 is 5.60 Å². The minimum atomic E-state index is -0.537. The van der Waals surface area contributed by atoms with Crippen LogP contribution in [0.5, 0.6) is 0 Å². The first-order chi connectivity index (χ1) is 16.9. The van der Waals surface area contributed by atoms with E-state index in [4.69, 9.17) is 4.74 Å². The van der Waals surface area contributed by atoms with Gasteiger partial charge in [-0.1, -0.05) is 64.4 Å². The molecule has 1 saturated heterocycles. The van der Waals surface area contributed by atoms with Crippen LogP contribution in [-0.2, 0) is 16.0 Å². The Morgan fingerprint density at radius 2 is 1.61 bits per heavy atom. The molecule has 1 heterocycles. The van der Waals surface area contributed by atoms with E-state index in [0.29, 0.717) is 18.4 Å². The second-order valence-corrected chi connectivity index (χ2v) is 12.3. The van der Waals surface area contributed by atoms with Gasteiger partial charge in [-0.15, -0.1) is 0 Å². The molecule has 0 bridgehead atoms. The lowest BCUT2D eigenvalue weighted by molar-refractivity contribution is -0.128. The lowest BCUT2D eigenvalue weighted by Crippen LogP contribution is -2.56. The van der Waals surface area contributed by atoms with E-state index in [0.717, 1.165) is 51.5 Å². The van der Waals surface area contributed by atoms with Crippen LogP contribution in [0.2, 0.25) is 0 Å². The maximum atomic E-state index is 13.6. The van der Waals surface area contributed by atoms with Crippen molar-refractivity contribution in [1.82, 2.24) is 15.5 Å². The smallest absolute Gasteiger partial charge is 0.407 e. The summed E-state index contributed by atoms with van der Waals surface area (Å²) in [6.07, 6.45) is 6.33. The average molecular weight is 502 g/mol.